The van der Waals surface area contributed by atoms with Gasteiger partial charge in [0.2, 0.25) is 10.0 Å². The average Bonchev–Trinajstić information content (AvgIpc) is 3.14. The van der Waals surface area contributed by atoms with Gasteiger partial charge in [-0.2, -0.15) is 9.30 Å². The Balaban J connectivity index is 1.49. The molecule has 0 aliphatic carbocycles. The minimum atomic E-state index is -3.57. The highest BCUT2D eigenvalue weighted by Crippen LogP contribution is 2.25. The number of benzene rings is 2. The molecule has 0 bridgehead atoms. The van der Waals surface area contributed by atoms with E-state index in [9.17, 15) is 18.0 Å². The predicted octanol–water partition coefficient (Wildman–Crippen LogP) is 3.25. The van der Waals surface area contributed by atoms with Gasteiger partial charge in [-0.05, 0) is 57.0 Å². The number of ether oxygens (including phenoxy) is 1. The highest BCUT2D eigenvalue weighted by Gasteiger charge is 2.32. The molecule has 1 aromatic heterocycles. The largest absolute Gasteiger partial charge is 0.462 e. The van der Waals surface area contributed by atoms with Gasteiger partial charge in [0.25, 0.3) is 5.91 Å². The summed E-state index contributed by atoms with van der Waals surface area (Å²) in [5.41, 5.74) is 2.32. The zero-order valence-electron chi connectivity index (χ0n) is 19.4. The second kappa shape index (κ2) is 9.81. The topological polar surface area (TPSA) is 98.0 Å². The smallest absolute Gasteiger partial charge is 0.338 e. The lowest BCUT2D eigenvalue weighted by atomic mass is 9.98. The standard InChI is InChI=1S/C24H27N3O5S2/c1-4-32-23(29)18-7-10-20-21(15-18)33-24(26(20)3)25-22(28)17-11-13-27(14-12-17)34(30,31)19-8-5-16(2)6-9-19/h5-10,15,17H,4,11-14H2,1-3H3. The number of carbonyl (C=O) groups excluding carboxylic acids is 2. The van der Waals surface area contributed by atoms with Crippen LogP contribution < -0.4 is 4.80 Å². The molecule has 1 aliphatic rings. The van der Waals surface area contributed by atoms with Gasteiger partial charge in [0.1, 0.15) is 0 Å². The third kappa shape index (κ3) is 4.84. The first-order valence-corrected chi connectivity index (χ1v) is 13.4. The number of thiazole rings is 1. The maximum absolute atomic E-state index is 12.9. The lowest BCUT2D eigenvalue weighted by Crippen LogP contribution is -2.40. The Hall–Kier alpha value is -2.82. The summed E-state index contributed by atoms with van der Waals surface area (Å²) in [4.78, 5) is 30.1. The lowest BCUT2D eigenvalue weighted by molar-refractivity contribution is -0.122. The number of amides is 1. The quantitative estimate of drug-likeness (QED) is 0.500. The fraction of sp³-hybridized carbons (Fsp3) is 0.375. The number of hydrogen-bond donors (Lipinski definition) is 0. The van der Waals surface area contributed by atoms with Gasteiger partial charge in [0.05, 0.1) is 27.3 Å². The van der Waals surface area contributed by atoms with Crippen molar-refractivity contribution in [2.45, 2.75) is 31.6 Å². The monoisotopic (exact) mass is 501 g/mol. The van der Waals surface area contributed by atoms with Crippen LogP contribution in [0.15, 0.2) is 52.4 Å². The molecule has 0 saturated carbocycles. The number of hydrogen-bond acceptors (Lipinski definition) is 6. The van der Waals surface area contributed by atoms with E-state index >= 15 is 0 Å². The Morgan fingerprint density at radius 1 is 1.12 bits per heavy atom. The van der Waals surface area contributed by atoms with Crippen LogP contribution in [-0.4, -0.2) is 48.9 Å². The van der Waals surface area contributed by atoms with Crippen LogP contribution in [0.1, 0.15) is 35.7 Å². The first-order chi connectivity index (χ1) is 16.2. The third-order valence-corrected chi connectivity index (χ3v) is 9.00. The molecule has 10 heteroatoms. The van der Waals surface area contributed by atoms with Crippen LogP contribution in [0.25, 0.3) is 10.2 Å². The van der Waals surface area contributed by atoms with Crippen LogP contribution in [0.3, 0.4) is 0 Å². The first kappa shape index (κ1) is 24.3. The van der Waals surface area contributed by atoms with Gasteiger partial charge in [-0.25, -0.2) is 13.2 Å². The van der Waals surface area contributed by atoms with Crippen LogP contribution in [0.5, 0.6) is 0 Å². The van der Waals surface area contributed by atoms with E-state index in [0.29, 0.717) is 29.8 Å². The van der Waals surface area contributed by atoms with Crippen molar-refractivity contribution in [2.24, 2.45) is 18.0 Å². The molecule has 0 unspecified atom stereocenters. The van der Waals surface area contributed by atoms with Crippen molar-refractivity contribution in [3.63, 3.8) is 0 Å². The Morgan fingerprint density at radius 2 is 1.79 bits per heavy atom. The number of aromatic nitrogens is 1. The normalized spacial score (nSPS) is 16.1. The molecule has 2 heterocycles. The van der Waals surface area contributed by atoms with Crippen LogP contribution >= 0.6 is 11.3 Å². The summed E-state index contributed by atoms with van der Waals surface area (Å²) in [7, 11) is -1.75. The van der Waals surface area contributed by atoms with Crippen molar-refractivity contribution < 1.29 is 22.7 Å². The van der Waals surface area contributed by atoms with E-state index in [0.717, 1.165) is 15.8 Å². The van der Waals surface area contributed by atoms with Crippen LogP contribution in [0.2, 0.25) is 0 Å². The highest BCUT2D eigenvalue weighted by molar-refractivity contribution is 7.89. The van der Waals surface area contributed by atoms with Crippen molar-refractivity contribution in [2.75, 3.05) is 19.7 Å². The molecule has 1 saturated heterocycles. The summed E-state index contributed by atoms with van der Waals surface area (Å²) in [5.74, 6) is -0.965. The SMILES string of the molecule is CCOC(=O)c1ccc2c(c1)sc(=NC(=O)C1CCN(S(=O)(=O)c3ccc(C)cc3)CC1)n2C. The van der Waals surface area contributed by atoms with Crippen LogP contribution in [0, 0.1) is 12.8 Å². The molecule has 0 spiro atoms. The molecule has 0 atom stereocenters. The van der Waals surface area contributed by atoms with Crippen molar-refractivity contribution >= 4 is 43.5 Å². The van der Waals surface area contributed by atoms with Crippen LogP contribution in [-0.2, 0) is 26.6 Å². The third-order valence-electron chi connectivity index (χ3n) is 5.99. The minimum absolute atomic E-state index is 0.250. The zero-order valence-corrected chi connectivity index (χ0v) is 21.0. The van der Waals surface area contributed by atoms with Gasteiger partial charge in [-0.15, -0.1) is 0 Å². The molecule has 1 fully saturated rings. The van der Waals surface area contributed by atoms with Gasteiger partial charge in [0, 0.05) is 26.1 Å². The number of carbonyl (C=O) groups is 2. The van der Waals surface area contributed by atoms with E-state index < -0.39 is 10.0 Å². The number of fused-ring (bicyclic) bond motifs is 1. The van der Waals surface area contributed by atoms with E-state index in [1.807, 2.05) is 24.6 Å². The van der Waals surface area contributed by atoms with Crippen molar-refractivity contribution in [1.82, 2.24) is 8.87 Å². The molecular formula is C24H27N3O5S2. The second-order valence-corrected chi connectivity index (χ2v) is 11.2. The molecule has 0 radical (unpaired) electrons. The highest BCUT2D eigenvalue weighted by atomic mass is 32.2. The number of nitrogens with zero attached hydrogens (tertiary/aromatic N) is 3. The second-order valence-electron chi connectivity index (χ2n) is 8.29. The zero-order chi connectivity index (χ0) is 24.5. The van der Waals surface area contributed by atoms with Gasteiger partial charge >= 0.3 is 5.97 Å². The summed E-state index contributed by atoms with van der Waals surface area (Å²) in [6.07, 6.45) is 0.851. The molecule has 1 amide bonds. The molecule has 180 valence electrons. The molecule has 8 nitrogen and oxygen atoms in total. The van der Waals surface area contributed by atoms with E-state index in [-0.39, 0.29) is 35.8 Å². The van der Waals surface area contributed by atoms with Crippen molar-refractivity contribution in [3.8, 4) is 0 Å². The Kier molecular flexibility index (Phi) is 7.01. The fourth-order valence-electron chi connectivity index (χ4n) is 3.97. The molecule has 0 N–H and O–H groups in total. The van der Waals surface area contributed by atoms with Gasteiger partial charge < -0.3 is 9.30 Å². The predicted molar refractivity (Wildman–Crippen MR) is 130 cm³/mol. The molecule has 34 heavy (non-hydrogen) atoms. The molecule has 3 aromatic rings. The van der Waals surface area contributed by atoms with Gasteiger partial charge in [-0.1, -0.05) is 29.0 Å². The average molecular weight is 502 g/mol. The summed E-state index contributed by atoms with van der Waals surface area (Å²) in [6.45, 7) is 4.53. The molecule has 4 rings (SSSR count). The van der Waals surface area contributed by atoms with Crippen LogP contribution in [0.4, 0.5) is 0 Å². The number of aryl methyl sites for hydroxylation is 2. The Morgan fingerprint density at radius 3 is 2.44 bits per heavy atom. The minimum Gasteiger partial charge on any atom is -0.462 e. The summed E-state index contributed by atoms with van der Waals surface area (Å²) in [6, 6.07) is 12.1. The van der Waals surface area contributed by atoms with E-state index in [1.165, 1.54) is 15.6 Å². The van der Waals surface area contributed by atoms with E-state index in [2.05, 4.69) is 4.99 Å². The Labute approximate surface area is 202 Å². The van der Waals surface area contributed by atoms with Gasteiger partial charge in [-0.3, -0.25) is 4.79 Å². The number of sulfonamides is 1. The number of piperidine rings is 1. The number of rotatable bonds is 5. The molecular weight excluding hydrogens is 474 g/mol. The number of esters is 1. The van der Waals surface area contributed by atoms with Crippen molar-refractivity contribution in [3.05, 3.63) is 58.4 Å². The fourth-order valence-corrected chi connectivity index (χ4v) is 6.50. The maximum atomic E-state index is 12.9. The van der Waals surface area contributed by atoms with E-state index in [1.54, 1.807) is 43.3 Å². The summed E-state index contributed by atoms with van der Waals surface area (Å²) in [5, 5.41) is 0. The van der Waals surface area contributed by atoms with Gasteiger partial charge in [0.15, 0.2) is 4.80 Å². The molecule has 1 aliphatic heterocycles. The summed E-state index contributed by atoms with van der Waals surface area (Å²) < 4.78 is 35.0. The van der Waals surface area contributed by atoms with E-state index in [4.69, 9.17) is 4.74 Å². The lowest BCUT2D eigenvalue weighted by Gasteiger charge is -2.29. The Bertz CT molecular complexity index is 1400. The van der Waals surface area contributed by atoms with Crippen molar-refractivity contribution in [1.29, 1.82) is 0 Å². The first-order valence-electron chi connectivity index (χ1n) is 11.1. The summed E-state index contributed by atoms with van der Waals surface area (Å²) >= 11 is 1.33. The molecule has 2 aromatic carbocycles. The maximum Gasteiger partial charge on any atom is 0.338 e.